The molecule has 1 spiro atoms. The van der Waals surface area contributed by atoms with E-state index >= 15 is 0 Å². The van der Waals surface area contributed by atoms with Crippen LogP contribution in [0.1, 0.15) is 33.4 Å². The van der Waals surface area contributed by atoms with Gasteiger partial charge in [-0.3, -0.25) is 0 Å². The molecule has 3 aliphatic rings. The van der Waals surface area contributed by atoms with Gasteiger partial charge >= 0.3 is 0 Å². The average molecular weight is 544 g/mol. The maximum absolute atomic E-state index is 5.30. The van der Waals surface area contributed by atoms with E-state index in [2.05, 4.69) is 146 Å². The lowest BCUT2D eigenvalue weighted by Gasteiger charge is -2.33. The first kappa shape index (κ1) is 23.1. The fourth-order valence-corrected chi connectivity index (χ4v) is 8.25. The maximum atomic E-state index is 5.30. The summed E-state index contributed by atoms with van der Waals surface area (Å²) in [5.74, 6) is 0. The van der Waals surface area contributed by atoms with Gasteiger partial charge in [-0.25, -0.2) is 4.98 Å². The molecular formula is C42H25N. The van der Waals surface area contributed by atoms with Gasteiger partial charge in [-0.1, -0.05) is 134 Å². The molecule has 7 aromatic rings. The van der Waals surface area contributed by atoms with Crippen LogP contribution in [0.15, 0.2) is 146 Å². The highest BCUT2D eigenvalue weighted by Gasteiger charge is 2.55. The molecule has 0 N–H and O–H groups in total. The molecule has 1 heterocycles. The summed E-state index contributed by atoms with van der Waals surface area (Å²) in [6.45, 7) is 4.65. The summed E-state index contributed by atoms with van der Waals surface area (Å²) >= 11 is 0. The third-order valence-electron chi connectivity index (χ3n) is 9.97. The minimum Gasteiger partial charge on any atom is -0.247 e. The van der Waals surface area contributed by atoms with Gasteiger partial charge in [0.15, 0.2) is 0 Å². The summed E-state index contributed by atoms with van der Waals surface area (Å²) < 4.78 is 0. The summed E-state index contributed by atoms with van der Waals surface area (Å²) in [7, 11) is 0. The molecule has 43 heavy (non-hydrogen) atoms. The Labute approximate surface area is 250 Å². The summed E-state index contributed by atoms with van der Waals surface area (Å²) in [5.41, 5.74) is 17.0. The molecule has 1 unspecified atom stereocenters. The van der Waals surface area contributed by atoms with E-state index in [4.69, 9.17) is 4.98 Å². The zero-order chi connectivity index (χ0) is 28.3. The molecular weight excluding hydrogens is 518 g/mol. The summed E-state index contributed by atoms with van der Waals surface area (Å²) in [6, 6.07) is 51.1. The van der Waals surface area contributed by atoms with Crippen LogP contribution in [0.25, 0.3) is 60.8 Å². The van der Waals surface area contributed by atoms with Crippen molar-refractivity contribution in [3.8, 4) is 22.4 Å². The first-order valence-corrected chi connectivity index (χ1v) is 14.9. The Morgan fingerprint density at radius 3 is 1.98 bits per heavy atom. The molecule has 0 saturated heterocycles. The lowest BCUT2D eigenvalue weighted by molar-refractivity contribution is 0.842. The number of hydrogen-bond acceptors (Lipinski definition) is 1. The number of fused-ring (bicyclic) bond motifs is 14. The van der Waals surface area contributed by atoms with Crippen molar-refractivity contribution < 1.29 is 0 Å². The summed E-state index contributed by atoms with van der Waals surface area (Å²) in [5, 5.41) is 3.56. The second-order valence-corrected chi connectivity index (χ2v) is 11.9. The Morgan fingerprint density at radius 1 is 0.488 bits per heavy atom. The van der Waals surface area contributed by atoms with Crippen LogP contribution in [0, 0.1) is 0 Å². The first-order chi connectivity index (χ1) is 21.2. The minimum atomic E-state index is -0.424. The van der Waals surface area contributed by atoms with Gasteiger partial charge in [-0.15, -0.1) is 0 Å². The smallest absolute Gasteiger partial charge is 0.0787 e. The van der Waals surface area contributed by atoms with E-state index in [0.29, 0.717) is 0 Å². The largest absolute Gasteiger partial charge is 0.247 e. The van der Waals surface area contributed by atoms with Crippen molar-refractivity contribution in [1.29, 1.82) is 0 Å². The molecule has 1 aromatic heterocycles. The van der Waals surface area contributed by atoms with Crippen LogP contribution in [-0.4, -0.2) is 4.98 Å². The third kappa shape index (κ3) is 2.75. The Kier molecular flexibility index (Phi) is 4.32. The van der Waals surface area contributed by atoms with E-state index in [9.17, 15) is 0 Å². The molecule has 0 radical (unpaired) electrons. The number of aromatic nitrogens is 1. The van der Waals surface area contributed by atoms with Crippen molar-refractivity contribution in [1.82, 2.24) is 4.98 Å². The number of allylic oxidation sites excluding steroid dienone is 3. The fraction of sp³-hybridized carbons (Fsp3) is 0.0238. The Morgan fingerprint density at radius 2 is 1.12 bits per heavy atom. The van der Waals surface area contributed by atoms with Crippen molar-refractivity contribution in [3.05, 3.63) is 179 Å². The van der Waals surface area contributed by atoms with E-state index in [1.54, 1.807) is 0 Å². The molecule has 0 fully saturated rings. The predicted octanol–water partition coefficient (Wildman–Crippen LogP) is 10.3. The summed E-state index contributed by atoms with van der Waals surface area (Å²) in [6.07, 6.45) is 0. The number of pyridine rings is 1. The number of hydrogen-bond donors (Lipinski definition) is 0. The molecule has 198 valence electrons. The number of nitrogens with zero attached hydrogens (tertiary/aromatic N) is 1. The van der Waals surface area contributed by atoms with Crippen LogP contribution in [0.4, 0.5) is 0 Å². The van der Waals surface area contributed by atoms with E-state index in [1.165, 1.54) is 66.4 Å². The van der Waals surface area contributed by atoms with Gasteiger partial charge in [0.25, 0.3) is 0 Å². The lowest BCUT2D eigenvalue weighted by Crippen LogP contribution is -2.26. The SMILES string of the molecule is C=C1C2=C(c3ccccc31)C1(c3ccccc32)c2ccccc2-c2ccc(-c3ccc4ccc5ccccc5c4n3)cc21. The van der Waals surface area contributed by atoms with Crippen LogP contribution < -0.4 is 0 Å². The van der Waals surface area contributed by atoms with Crippen LogP contribution in [0.2, 0.25) is 0 Å². The average Bonchev–Trinajstić information content (AvgIpc) is 3.66. The number of benzene rings is 6. The summed E-state index contributed by atoms with van der Waals surface area (Å²) in [4.78, 5) is 5.30. The molecule has 0 amide bonds. The van der Waals surface area contributed by atoms with Gasteiger partial charge in [-0.05, 0) is 78.7 Å². The quantitative estimate of drug-likeness (QED) is 0.188. The predicted molar refractivity (Wildman–Crippen MR) is 179 cm³/mol. The van der Waals surface area contributed by atoms with Gasteiger partial charge in [0.05, 0.1) is 16.6 Å². The van der Waals surface area contributed by atoms with E-state index in [0.717, 1.165) is 27.7 Å². The van der Waals surface area contributed by atoms with Crippen LogP contribution in [-0.2, 0) is 5.41 Å². The fourth-order valence-electron chi connectivity index (χ4n) is 8.25. The third-order valence-corrected chi connectivity index (χ3v) is 9.97. The molecule has 0 aliphatic heterocycles. The van der Waals surface area contributed by atoms with Gasteiger partial charge in [0, 0.05) is 16.3 Å². The van der Waals surface area contributed by atoms with Gasteiger partial charge in [0.1, 0.15) is 0 Å². The minimum absolute atomic E-state index is 0.424. The topological polar surface area (TPSA) is 12.9 Å². The molecule has 1 nitrogen and oxygen atoms in total. The monoisotopic (exact) mass is 543 g/mol. The highest BCUT2D eigenvalue weighted by Crippen LogP contribution is 2.68. The van der Waals surface area contributed by atoms with Crippen molar-refractivity contribution in [2.45, 2.75) is 5.41 Å². The molecule has 0 bridgehead atoms. The molecule has 1 atom stereocenters. The zero-order valence-electron chi connectivity index (χ0n) is 23.4. The Balaban J connectivity index is 1.30. The lowest BCUT2D eigenvalue weighted by atomic mass is 9.68. The van der Waals surface area contributed by atoms with Crippen LogP contribution >= 0.6 is 0 Å². The van der Waals surface area contributed by atoms with E-state index in [1.807, 2.05) is 0 Å². The van der Waals surface area contributed by atoms with Crippen LogP contribution in [0.3, 0.4) is 0 Å². The van der Waals surface area contributed by atoms with Crippen molar-refractivity contribution in [2.75, 3.05) is 0 Å². The molecule has 6 aromatic carbocycles. The number of rotatable bonds is 1. The first-order valence-electron chi connectivity index (χ1n) is 14.9. The Bertz CT molecular complexity index is 2420. The Hall–Kier alpha value is -5.53. The van der Waals surface area contributed by atoms with Gasteiger partial charge < -0.3 is 0 Å². The molecule has 0 saturated carbocycles. The highest BCUT2D eigenvalue weighted by molar-refractivity contribution is 6.28. The second kappa shape index (κ2) is 8.06. The molecule has 3 aliphatic carbocycles. The maximum Gasteiger partial charge on any atom is 0.0787 e. The van der Waals surface area contributed by atoms with Crippen molar-refractivity contribution in [3.63, 3.8) is 0 Å². The molecule has 1 heteroatoms. The standard InChI is InChI=1S/C42H25N/c1-25-29-11-4-5-14-33(29)40-39(25)34-15-7-9-17-36(34)42(40)35-16-8-6-13-31(35)32-22-20-28(24-37(32)42)38-23-21-27-19-18-26-10-2-3-12-30(26)41(27)43-38/h2-24H,1H2. The van der Waals surface area contributed by atoms with Crippen molar-refractivity contribution in [2.24, 2.45) is 0 Å². The van der Waals surface area contributed by atoms with Gasteiger partial charge in [-0.2, -0.15) is 0 Å². The highest BCUT2D eigenvalue weighted by atomic mass is 14.7. The normalized spacial score (nSPS) is 17.3. The van der Waals surface area contributed by atoms with Crippen molar-refractivity contribution >= 4 is 38.4 Å². The zero-order valence-corrected chi connectivity index (χ0v) is 23.4. The second-order valence-electron chi connectivity index (χ2n) is 11.9. The van der Waals surface area contributed by atoms with E-state index in [-0.39, 0.29) is 0 Å². The van der Waals surface area contributed by atoms with E-state index < -0.39 is 5.41 Å². The van der Waals surface area contributed by atoms with Gasteiger partial charge in [0.2, 0.25) is 0 Å². The van der Waals surface area contributed by atoms with Crippen LogP contribution in [0.5, 0.6) is 0 Å². The molecule has 10 rings (SSSR count).